The van der Waals surface area contributed by atoms with Gasteiger partial charge < -0.3 is 14.8 Å². The average molecular weight is 266 g/mol. The average Bonchev–Trinajstić information content (AvgIpc) is 3.00. The minimum atomic E-state index is -1.21. The summed E-state index contributed by atoms with van der Waals surface area (Å²) < 4.78 is 4.90. The van der Waals surface area contributed by atoms with Gasteiger partial charge >= 0.3 is 5.97 Å². The highest BCUT2D eigenvalue weighted by Gasteiger charge is 2.18. The van der Waals surface area contributed by atoms with Crippen LogP contribution in [-0.2, 0) is 0 Å². The summed E-state index contributed by atoms with van der Waals surface area (Å²) in [6.07, 6.45) is 1.65. The van der Waals surface area contributed by atoms with Crippen molar-refractivity contribution in [3.8, 4) is 0 Å². The first-order valence-electron chi connectivity index (χ1n) is 5.11. The number of furan rings is 1. The molecule has 0 aromatic carbocycles. The molecule has 2 N–H and O–H groups in total. The molecule has 0 aliphatic heterocycles. The number of carboxylic acid groups (broad SMARTS) is 1. The summed E-state index contributed by atoms with van der Waals surface area (Å²) >= 11 is 1.43. The van der Waals surface area contributed by atoms with Gasteiger partial charge in [0.1, 0.15) is 5.01 Å². The summed E-state index contributed by atoms with van der Waals surface area (Å²) in [6.45, 7) is 1.79. The Morgan fingerprint density at radius 3 is 2.72 bits per heavy atom. The lowest BCUT2D eigenvalue weighted by Gasteiger charge is -2.09. The minimum absolute atomic E-state index is 0.0317. The first-order chi connectivity index (χ1) is 8.58. The molecule has 0 fully saturated rings. The van der Waals surface area contributed by atoms with Gasteiger partial charge in [-0.2, -0.15) is 0 Å². The fraction of sp³-hybridized carbons (Fsp3) is 0.182. The van der Waals surface area contributed by atoms with Gasteiger partial charge in [0.15, 0.2) is 5.76 Å². The van der Waals surface area contributed by atoms with Crippen molar-refractivity contribution in [1.29, 1.82) is 0 Å². The van der Waals surface area contributed by atoms with Crippen LogP contribution in [0.5, 0.6) is 0 Å². The Bertz CT molecular complexity index is 561. The SMILES string of the molecule is CC(NC(=O)c1ccc(C(=O)O)o1)c1nccs1. The quantitative estimate of drug-likeness (QED) is 0.882. The molecule has 1 amide bonds. The van der Waals surface area contributed by atoms with Crippen molar-refractivity contribution in [3.63, 3.8) is 0 Å². The van der Waals surface area contributed by atoms with Crippen molar-refractivity contribution in [3.05, 3.63) is 40.2 Å². The van der Waals surface area contributed by atoms with E-state index in [1.54, 1.807) is 13.1 Å². The molecule has 18 heavy (non-hydrogen) atoms. The molecule has 0 aliphatic rings. The molecule has 0 saturated heterocycles. The van der Waals surface area contributed by atoms with Crippen molar-refractivity contribution in [2.24, 2.45) is 0 Å². The third-order valence-electron chi connectivity index (χ3n) is 2.21. The number of nitrogens with one attached hydrogen (secondary N) is 1. The molecule has 1 atom stereocenters. The highest BCUT2D eigenvalue weighted by Crippen LogP contribution is 2.16. The van der Waals surface area contributed by atoms with Crippen molar-refractivity contribution < 1.29 is 19.1 Å². The molecule has 0 bridgehead atoms. The number of nitrogens with zero attached hydrogens (tertiary/aromatic N) is 1. The largest absolute Gasteiger partial charge is 0.475 e. The van der Waals surface area contributed by atoms with E-state index in [4.69, 9.17) is 9.52 Å². The molecule has 0 aliphatic carbocycles. The Morgan fingerprint density at radius 1 is 1.44 bits per heavy atom. The van der Waals surface area contributed by atoms with E-state index < -0.39 is 11.9 Å². The summed E-state index contributed by atoms with van der Waals surface area (Å²) in [5.74, 6) is -1.97. The number of thiazole rings is 1. The normalized spacial score (nSPS) is 12.1. The van der Waals surface area contributed by atoms with Crippen LogP contribution in [0.25, 0.3) is 0 Å². The first kappa shape index (κ1) is 12.3. The maximum absolute atomic E-state index is 11.8. The Morgan fingerprint density at radius 2 is 2.17 bits per heavy atom. The Labute approximate surface area is 106 Å². The van der Waals surface area contributed by atoms with Crippen LogP contribution in [0.3, 0.4) is 0 Å². The fourth-order valence-corrected chi connectivity index (χ4v) is 2.00. The zero-order valence-corrected chi connectivity index (χ0v) is 10.2. The third kappa shape index (κ3) is 2.57. The molecule has 6 nitrogen and oxygen atoms in total. The molecule has 2 aromatic rings. The molecule has 2 rings (SSSR count). The van der Waals surface area contributed by atoms with E-state index >= 15 is 0 Å². The van der Waals surface area contributed by atoms with Crippen LogP contribution in [0, 0.1) is 0 Å². The molecule has 2 aromatic heterocycles. The van der Waals surface area contributed by atoms with E-state index in [0.29, 0.717) is 0 Å². The first-order valence-corrected chi connectivity index (χ1v) is 5.99. The summed E-state index contributed by atoms with van der Waals surface area (Å²) in [7, 11) is 0. The monoisotopic (exact) mass is 266 g/mol. The molecule has 0 saturated carbocycles. The maximum atomic E-state index is 11.8. The van der Waals surface area contributed by atoms with Crippen LogP contribution in [-0.4, -0.2) is 22.0 Å². The van der Waals surface area contributed by atoms with Gasteiger partial charge in [0.05, 0.1) is 6.04 Å². The number of carbonyl (C=O) groups is 2. The number of carbonyl (C=O) groups excluding carboxylic acids is 1. The standard InChI is InChI=1S/C11H10N2O4S/c1-6(10-12-4-5-18-10)13-9(14)7-2-3-8(17-7)11(15)16/h2-6H,1H3,(H,13,14)(H,15,16). The summed E-state index contributed by atoms with van der Waals surface area (Å²) in [4.78, 5) is 26.5. The van der Waals surface area contributed by atoms with Crippen LogP contribution in [0.2, 0.25) is 0 Å². The lowest BCUT2D eigenvalue weighted by molar-refractivity contribution is 0.0659. The van der Waals surface area contributed by atoms with Gasteiger partial charge in [0.2, 0.25) is 5.76 Å². The van der Waals surface area contributed by atoms with Gasteiger partial charge in [-0.25, -0.2) is 9.78 Å². The van der Waals surface area contributed by atoms with Gasteiger partial charge in [-0.3, -0.25) is 4.79 Å². The van der Waals surface area contributed by atoms with Gasteiger partial charge in [-0.1, -0.05) is 0 Å². The predicted octanol–water partition coefficient (Wildman–Crippen LogP) is 1.93. The minimum Gasteiger partial charge on any atom is -0.475 e. The molecular weight excluding hydrogens is 256 g/mol. The summed E-state index contributed by atoms with van der Waals surface area (Å²) in [5.41, 5.74) is 0. The molecule has 0 radical (unpaired) electrons. The van der Waals surface area contributed by atoms with Crippen LogP contribution >= 0.6 is 11.3 Å². The van der Waals surface area contributed by atoms with E-state index in [-0.39, 0.29) is 17.6 Å². The second-order valence-corrected chi connectivity index (χ2v) is 4.46. The predicted molar refractivity (Wildman–Crippen MR) is 63.7 cm³/mol. The topological polar surface area (TPSA) is 92.4 Å². The lowest BCUT2D eigenvalue weighted by atomic mass is 10.3. The zero-order chi connectivity index (χ0) is 13.1. The Balaban J connectivity index is 2.05. The highest BCUT2D eigenvalue weighted by molar-refractivity contribution is 7.09. The lowest BCUT2D eigenvalue weighted by Crippen LogP contribution is -2.26. The number of aromatic carboxylic acids is 1. The van der Waals surface area contributed by atoms with E-state index in [1.807, 2.05) is 5.38 Å². The van der Waals surface area contributed by atoms with Gasteiger partial charge in [0, 0.05) is 11.6 Å². The smallest absolute Gasteiger partial charge is 0.371 e. The zero-order valence-electron chi connectivity index (χ0n) is 9.41. The number of rotatable bonds is 4. The number of hydrogen-bond acceptors (Lipinski definition) is 5. The van der Waals surface area contributed by atoms with E-state index in [0.717, 1.165) is 5.01 Å². The Kier molecular flexibility index (Phi) is 3.42. The van der Waals surface area contributed by atoms with Crippen molar-refractivity contribution in [1.82, 2.24) is 10.3 Å². The van der Waals surface area contributed by atoms with E-state index in [1.165, 1.54) is 23.5 Å². The molecule has 2 heterocycles. The van der Waals surface area contributed by atoms with Gasteiger partial charge in [-0.15, -0.1) is 11.3 Å². The fourth-order valence-electron chi connectivity index (χ4n) is 1.35. The summed E-state index contributed by atoms with van der Waals surface area (Å²) in [6, 6.07) is 2.31. The van der Waals surface area contributed by atoms with Crippen LogP contribution in [0.1, 0.15) is 39.1 Å². The number of hydrogen-bond donors (Lipinski definition) is 2. The number of carboxylic acids is 1. The molecule has 1 unspecified atom stereocenters. The number of amides is 1. The van der Waals surface area contributed by atoms with Crippen molar-refractivity contribution in [2.75, 3.05) is 0 Å². The van der Waals surface area contributed by atoms with E-state index in [9.17, 15) is 9.59 Å². The second kappa shape index (κ2) is 5.01. The highest BCUT2D eigenvalue weighted by atomic mass is 32.1. The number of aromatic nitrogens is 1. The van der Waals surface area contributed by atoms with Crippen LogP contribution in [0.15, 0.2) is 28.1 Å². The maximum Gasteiger partial charge on any atom is 0.371 e. The van der Waals surface area contributed by atoms with Crippen molar-refractivity contribution in [2.45, 2.75) is 13.0 Å². The van der Waals surface area contributed by atoms with Gasteiger partial charge in [0.25, 0.3) is 5.91 Å². The third-order valence-corrected chi connectivity index (χ3v) is 3.17. The molecular formula is C11H10N2O4S. The van der Waals surface area contributed by atoms with Crippen LogP contribution < -0.4 is 5.32 Å². The molecule has 0 spiro atoms. The second-order valence-electron chi connectivity index (χ2n) is 3.53. The van der Waals surface area contributed by atoms with Crippen molar-refractivity contribution >= 4 is 23.2 Å². The Hall–Kier alpha value is -2.15. The molecule has 94 valence electrons. The van der Waals surface area contributed by atoms with Crippen LogP contribution in [0.4, 0.5) is 0 Å². The van der Waals surface area contributed by atoms with E-state index in [2.05, 4.69) is 10.3 Å². The molecule has 7 heteroatoms. The van der Waals surface area contributed by atoms with Gasteiger partial charge in [-0.05, 0) is 19.1 Å². The summed E-state index contributed by atoms with van der Waals surface area (Å²) in [5, 5.41) is 13.9.